The maximum atomic E-state index is 5.75. The first-order valence-corrected chi connectivity index (χ1v) is 8.03. The molecule has 0 bridgehead atoms. The van der Waals surface area contributed by atoms with E-state index >= 15 is 0 Å². The molecular weight excluding hydrogens is 244 g/mol. The lowest BCUT2D eigenvalue weighted by molar-refractivity contribution is 0.325. The summed E-state index contributed by atoms with van der Waals surface area (Å²) in [7, 11) is 2.18. The molecule has 1 aromatic heterocycles. The van der Waals surface area contributed by atoms with Crippen molar-refractivity contribution in [2.75, 3.05) is 32.1 Å². The number of hydrogen-bond donors (Lipinski definition) is 1. The van der Waals surface area contributed by atoms with Gasteiger partial charge >= 0.3 is 0 Å². The summed E-state index contributed by atoms with van der Waals surface area (Å²) in [5.74, 6) is 3.34. The predicted octanol–water partition coefficient (Wildman–Crippen LogP) is 2.88. The third-order valence-corrected chi connectivity index (χ3v) is 3.65. The number of rotatable bonds is 9. The Labute approximate surface area is 115 Å². The summed E-state index contributed by atoms with van der Waals surface area (Å²) in [5, 5.41) is 3.29. The van der Waals surface area contributed by atoms with Crippen molar-refractivity contribution in [2.24, 2.45) is 0 Å². The molecule has 0 aliphatic carbocycles. The SMILES string of the molecule is CCNCc1cc(CN(C)CCCSC)c(C)o1. The zero-order valence-corrected chi connectivity index (χ0v) is 12.9. The molecule has 0 atom stereocenters. The summed E-state index contributed by atoms with van der Waals surface area (Å²) in [6.45, 7) is 8.10. The van der Waals surface area contributed by atoms with Gasteiger partial charge in [0.1, 0.15) is 11.5 Å². The second-order valence-corrected chi connectivity index (χ2v) is 5.64. The van der Waals surface area contributed by atoms with Gasteiger partial charge in [-0.15, -0.1) is 0 Å². The van der Waals surface area contributed by atoms with E-state index in [4.69, 9.17) is 4.42 Å². The highest BCUT2D eigenvalue weighted by Gasteiger charge is 2.09. The molecule has 1 heterocycles. The molecule has 0 unspecified atom stereocenters. The van der Waals surface area contributed by atoms with Crippen molar-refractivity contribution in [1.29, 1.82) is 0 Å². The minimum Gasteiger partial charge on any atom is -0.465 e. The number of nitrogens with one attached hydrogen (secondary N) is 1. The molecular formula is C14H26N2OS. The number of hydrogen-bond acceptors (Lipinski definition) is 4. The Morgan fingerprint density at radius 1 is 1.44 bits per heavy atom. The van der Waals surface area contributed by atoms with E-state index in [1.807, 2.05) is 11.8 Å². The summed E-state index contributed by atoms with van der Waals surface area (Å²) >= 11 is 1.91. The van der Waals surface area contributed by atoms with Crippen LogP contribution in [0.4, 0.5) is 0 Å². The topological polar surface area (TPSA) is 28.4 Å². The van der Waals surface area contributed by atoms with Crippen molar-refractivity contribution < 1.29 is 4.42 Å². The molecule has 0 saturated heterocycles. The normalized spacial score (nSPS) is 11.4. The van der Waals surface area contributed by atoms with Gasteiger partial charge in [-0.2, -0.15) is 11.8 Å². The van der Waals surface area contributed by atoms with Crippen LogP contribution in [0.2, 0.25) is 0 Å². The van der Waals surface area contributed by atoms with Crippen molar-refractivity contribution in [3.8, 4) is 0 Å². The van der Waals surface area contributed by atoms with Crippen molar-refractivity contribution in [1.82, 2.24) is 10.2 Å². The molecule has 0 spiro atoms. The van der Waals surface area contributed by atoms with Crippen LogP contribution in [0.1, 0.15) is 30.4 Å². The minimum absolute atomic E-state index is 0.827. The lowest BCUT2D eigenvalue weighted by Crippen LogP contribution is -2.19. The Morgan fingerprint density at radius 2 is 2.22 bits per heavy atom. The average Bonchev–Trinajstić information content (AvgIpc) is 2.68. The lowest BCUT2D eigenvalue weighted by atomic mass is 10.2. The zero-order valence-electron chi connectivity index (χ0n) is 12.1. The Kier molecular flexibility index (Phi) is 7.47. The molecule has 0 amide bonds. The molecule has 1 rings (SSSR count). The third kappa shape index (κ3) is 5.46. The fourth-order valence-corrected chi connectivity index (χ4v) is 2.35. The van der Waals surface area contributed by atoms with Gasteiger partial charge in [-0.3, -0.25) is 0 Å². The molecule has 0 saturated carbocycles. The second-order valence-electron chi connectivity index (χ2n) is 4.66. The van der Waals surface area contributed by atoms with Gasteiger partial charge in [0.2, 0.25) is 0 Å². The summed E-state index contributed by atoms with van der Waals surface area (Å²) in [4.78, 5) is 2.37. The molecule has 0 fully saturated rings. The van der Waals surface area contributed by atoms with E-state index in [-0.39, 0.29) is 0 Å². The van der Waals surface area contributed by atoms with E-state index in [0.717, 1.165) is 37.7 Å². The summed E-state index contributed by atoms with van der Waals surface area (Å²) in [6.07, 6.45) is 3.41. The molecule has 4 heteroatoms. The maximum Gasteiger partial charge on any atom is 0.118 e. The summed E-state index contributed by atoms with van der Waals surface area (Å²) < 4.78 is 5.75. The Bertz CT molecular complexity index is 339. The summed E-state index contributed by atoms with van der Waals surface area (Å²) in [5.41, 5.74) is 1.31. The number of aryl methyl sites for hydroxylation is 1. The lowest BCUT2D eigenvalue weighted by Gasteiger charge is -2.15. The highest BCUT2D eigenvalue weighted by molar-refractivity contribution is 7.98. The van der Waals surface area contributed by atoms with Crippen LogP contribution in [0.15, 0.2) is 10.5 Å². The highest BCUT2D eigenvalue weighted by Crippen LogP contribution is 2.16. The number of nitrogens with zero attached hydrogens (tertiary/aromatic N) is 1. The largest absolute Gasteiger partial charge is 0.465 e. The predicted molar refractivity (Wildman–Crippen MR) is 80.2 cm³/mol. The van der Waals surface area contributed by atoms with Gasteiger partial charge < -0.3 is 14.6 Å². The molecule has 1 aromatic rings. The van der Waals surface area contributed by atoms with Gasteiger partial charge in [0.15, 0.2) is 0 Å². The Morgan fingerprint density at radius 3 is 2.89 bits per heavy atom. The Balaban J connectivity index is 2.42. The van der Waals surface area contributed by atoms with Crippen LogP contribution in [-0.2, 0) is 13.1 Å². The summed E-state index contributed by atoms with van der Waals surface area (Å²) in [6, 6.07) is 2.18. The van der Waals surface area contributed by atoms with Crippen LogP contribution in [0.5, 0.6) is 0 Å². The van der Waals surface area contributed by atoms with Crippen LogP contribution >= 0.6 is 11.8 Å². The first kappa shape index (κ1) is 15.6. The van der Waals surface area contributed by atoms with E-state index in [0.29, 0.717) is 0 Å². The van der Waals surface area contributed by atoms with Crippen molar-refractivity contribution >= 4 is 11.8 Å². The fourth-order valence-electron chi connectivity index (χ4n) is 1.93. The molecule has 0 aliphatic heterocycles. The van der Waals surface area contributed by atoms with Crippen molar-refractivity contribution in [2.45, 2.75) is 33.4 Å². The molecule has 0 radical (unpaired) electrons. The van der Waals surface area contributed by atoms with Gasteiger partial charge in [-0.25, -0.2) is 0 Å². The standard InChI is InChI=1S/C14H26N2OS/c1-5-15-10-14-9-13(12(2)17-14)11-16(3)7-6-8-18-4/h9,15H,5-8,10-11H2,1-4H3. The van der Waals surface area contributed by atoms with Gasteiger partial charge in [0, 0.05) is 12.1 Å². The van der Waals surface area contributed by atoms with Crippen LogP contribution < -0.4 is 5.32 Å². The van der Waals surface area contributed by atoms with Crippen LogP contribution in [-0.4, -0.2) is 37.0 Å². The van der Waals surface area contributed by atoms with E-state index in [1.165, 1.54) is 17.7 Å². The first-order valence-electron chi connectivity index (χ1n) is 6.63. The van der Waals surface area contributed by atoms with Crippen molar-refractivity contribution in [3.63, 3.8) is 0 Å². The molecule has 104 valence electrons. The van der Waals surface area contributed by atoms with Gasteiger partial charge in [-0.1, -0.05) is 6.92 Å². The highest BCUT2D eigenvalue weighted by atomic mass is 32.2. The monoisotopic (exact) mass is 270 g/mol. The number of thioether (sulfide) groups is 1. The first-order chi connectivity index (χ1) is 8.67. The van der Waals surface area contributed by atoms with E-state index in [9.17, 15) is 0 Å². The van der Waals surface area contributed by atoms with Crippen LogP contribution in [0.3, 0.4) is 0 Å². The van der Waals surface area contributed by atoms with E-state index in [1.54, 1.807) is 0 Å². The van der Waals surface area contributed by atoms with E-state index < -0.39 is 0 Å². The van der Waals surface area contributed by atoms with Crippen LogP contribution in [0.25, 0.3) is 0 Å². The molecule has 0 aromatic carbocycles. The second kappa shape index (κ2) is 8.62. The zero-order chi connectivity index (χ0) is 13.4. The van der Waals surface area contributed by atoms with Gasteiger partial charge in [0.25, 0.3) is 0 Å². The van der Waals surface area contributed by atoms with E-state index in [2.05, 4.69) is 43.4 Å². The fraction of sp³-hybridized carbons (Fsp3) is 0.714. The number of furan rings is 1. The Hall–Kier alpha value is -0.450. The van der Waals surface area contributed by atoms with Gasteiger partial charge in [0.05, 0.1) is 6.54 Å². The third-order valence-electron chi connectivity index (χ3n) is 2.95. The average molecular weight is 270 g/mol. The molecule has 3 nitrogen and oxygen atoms in total. The molecule has 1 N–H and O–H groups in total. The quantitative estimate of drug-likeness (QED) is 0.699. The minimum atomic E-state index is 0.827. The maximum absolute atomic E-state index is 5.75. The van der Waals surface area contributed by atoms with Crippen molar-refractivity contribution in [3.05, 3.63) is 23.2 Å². The molecule has 18 heavy (non-hydrogen) atoms. The van der Waals surface area contributed by atoms with Crippen LogP contribution in [0, 0.1) is 6.92 Å². The smallest absolute Gasteiger partial charge is 0.118 e. The van der Waals surface area contributed by atoms with Gasteiger partial charge in [-0.05, 0) is 51.6 Å². The molecule has 0 aliphatic rings.